The molecule has 0 aliphatic carbocycles. The number of sulfonamides is 1. The topological polar surface area (TPSA) is 56.8 Å². The summed E-state index contributed by atoms with van der Waals surface area (Å²) < 4.78 is 27.2. The van der Waals surface area contributed by atoms with Gasteiger partial charge in [0.25, 0.3) is 0 Å². The number of hydrogen-bond donors (Lipinski definition) is 0. The van der Waals surface area contributed by atoms with Crippen molar-refractivity contribution in [3.63, 3.8) is 0 Å². The molecule has 2 saturated heterocycles. The predicted octanol–water partition coefficient (Wildman–Crippen LogP) is 0.628. The fourth-order valence-corrected chi connectivity index (χ4v) is 5.11. The van der Waals surface area contributed by atoms with E-state index in [2.05, 4.69) is 14.8 Å². The first-order chi connectivity index (χ1) is 10.6. The van der Waals surface area contributed by atoms with Gasteiger partial charge >= 0.3 is 0 Å². The third kappa shape index (κ3) is 3.26. The first-order valence-electron chi connectivity index (χ1n) is 7.90. The molecule has 1 aromatic rings. The molecule has 0 unspecified atom stereocenters. The van der Waals surface area contributed by atoms with Crippen molar-refractivity contribution in [2.24, 2.45) is 0 Å². The van der Waals surface area contributed by atoms with Crippen LogP contribution in [0.15, 0.2) is 24.5 Å². The Hall–Kier alpha value is -1.18. The Kier molecular flexibility index (Phi) is 4.65. The molecule has 2 aliphatic rings. The minimum atomic E-state index is -3.15. The Labute approximate surface area is 132 Å². The molecular weight excluding hydrogens is 300 g/mol. The maximum absolute atomic E-state index is 12.8. The lowest BCUT2D eigenvalue weighted by Gasteiger charge is -2.38. The highest BCUT2D eigenvalue weighted by Gasteiger charge is 2.35. The predicted molar refractivity (Wildman–Crippen MR) is 87.5 cm³/mol. The largest absolute Gasteiger partial charge is 0.370 e. The molecule has 7 heteroatoms. The molecular formula is C15H24N4O2S. The first-order valence-corrected chi connectivity index (χ1v) is 9.40. The Morgan fingerprint density at radius 1 is 1.09 bits per heavy atom. The Morgan fingerprint density at radius 3 is 2.36 bits per heavy atom. The highest BCUT2D eigenvalue weighted by Crippen LogP contribution is 2.25. The third-order valence-corrected chi connectivity index (χ3v) is 7.10. The van der Waals surface area contributed by atoms with Gasteiger partial charge in [-0.05, 0) is 32.0 Å². The van der Waals surface area contributed by atoms with Crippen LogP contribution < -0.4 is 4.90 Å². The van der Waals surface area contributed by atoms with Crippen molar-refractivity contribution in [2.45, 2.75) is 18.1 Å². The molecule has 0 atom stereocenters. The molecule has 22 heavy (non-hydrogen) atoms. The zero-order chi connectivity index (χ0) is 15.6. The van der Waals surface area contributed by atoms with E-state index in [4.69, 9.17) is 0 Å². The fourth-order valence-electron chi connectivity index (χ4n) is 3.21. The van der Waals surface area contributed by atoms with Gasteiger partial charge in [-0.2, -0.15) is 4.31 Å². The van der Waals surface area contributed by atoms with Crippen LogP contribution >= 0.6 is 0 Å². The maximum atomic E-state index is 12.8. The fraction of sp³-hybridized carbons (Fsp3) is 0.667. The van der Waals surface area contributed by atoms with E-state index in [-0.39, 0.29) is 5.25 Å². The number of rotatable bonds is 3. The number of piperidine rings is 1. The Morgan fingerprint density at radius 2 is 1.77 bits per heavy atom. The second-order valence-corrected chi connectivity index (χ2v) is 8.36. The zero-order valence-corrected chi connectivity index (χ0v) is 13.9. The minimum absolute atomic E-state index is 0.233. The second-order valence-electron chi connectivity index (χ2n) is 6.14. The third-order valence-electron chi connectivity index (χ3n) is 4.70. The molecule has 3 rings (SSSR count). The van der Waals surface area contributed by atoms with Gasteiger partial charge in [0.1, 0.15) is 0 Å². The molecule has 0 amide bonds. The van der Waals surface area contributed by atoms with Crippen LogP contribution in [-0.4, -0.2) is 74.2 Å². The molecule has 2 fully saturated rings. The summed E-state index contributed by atoms with van der Waals surface area (Å²) in [6.07, 6.45) is 5.00. The number of hydrogen-bond acceptors (Lipinski definition) is 5. The number of nitrogens with zero attached hydrogens (tertiary/aromatic N) is 4. The van der Waals surface area contributed by atoms with Crippen LogP contribution in [-0.2, 0) is 10.0 Å². The van der Waals surface area contributed by atoms with Gasteiger partial charge in [-0.3, -0.25) is 4.98 Å². The van der Waals surface area contributed by atoms with Crippen LogP contribution in [0.4, 0.5) is 5.69 Å². The van der Waals surface area contributed by atoms with Crippen LogP contribution in [0.25, 0.3) is 0 Å². The SMILES string of the molecule is CN1CCN(S(=O)(=O)C2CCN(c3cccnc3)CC2)CC1. The van der Waals surface area contributed by atoms with E-state index in [9.17, 15) is 8.42 Å². The summed E-state index contributed by atoms with van der Waals surface area (Å²) in [5.41, 5.74) is 1.08. The van der Waals surface area contributed by atoms with Crippen molar-refractivity contribution in [1.82, 2.24) is 14.2 Å². The average molecular weight is 324 g/mol. The molecule has 6 nitrogen and oxygen atoms in total. The molecule has 3 heterocycles. The monoisotopic (exact) mass is 324 g/mol. The number of anilines is 1. The van der Waals surface area contributed by atoms with Crippen LogP contribution in [0.2, 0.25) is 0 Å². The highest BCUT2D eigenvalue weighted by molar-refractivity contribution is 7.89. The highest BCUT2D eigenvalue weighted by atomic mass is 32.2. The molecule has 0 saturated carbocycles. The summed E-state index contributed by atoms with van der Waals surface area (Å²) >= 11 is 0. The van der Waals surface area contributed by atoms with E-state index in [0.29, 0.717) is 25.9 Å². The quantitative estimate of drug-likeness (QED) is 0.816. The van der Waals surface area contributed by atoms with Crippen molar-refractivity contribution in [3.8, 4) is 0 Å². The zero-order valence-electron chi connectivity index (χ0n) is 13.1. The van der Waals surface area contributed by atoms with Gasteiger partial charge in [0.15, 0.2) is 0 Å². The summed E-state index contributed by atoms with van der Waals surface area (Å²) in [4.78, 5) is 8.54. The average Bonchev–Trinajstić information content (AvgIpc) is 2.56. The summed E-state index contributed by atoms with van der Waals surface area (Å²) in [7, 11) is -1.11. The molecule has 1 aromatic heterocycles. The Balaban J connectivity index is 1.61. The van der Waals surface area contributed by atoms with Gasteiger partial charge in [0.05, 0.1) is 17.1 Å². The Bertz CT molecular complexity index is 577. The lowest BCUT2D eigenvalue weighted by Crippen LogP contribution is -2.51. The molecule has 122 valence electrons. The smallest absolute Gasteiger partial charge is 0.217 e. The molecule has 0 radical (unpaired) electrons. The van der Waals surface area contributed by atoms with E-state index in [1.807, 2.05) is 25.4 Å². The lowest BCUT2D eigenvalue weighted by atomic mass is 10.1. The van der Waals surface area contributed by atoms with Gasteiger partial charge in [-0.1, -0.05) is 0 Å². The van der Waals surface area contributed by atoms with Gasteiger partial charge in [-0.15, -0.1) is 0 Å². The van der Waals surface area contributed by atoms with Crippen molar-refractivity contribution in [2.75, 3.05) is 51.2 Å². The van der Waals surface area contributed by atoms with Crippen LogP contribution in [0.5, 0.6) is 0 Å². The summed E-state index contributed by atoms with van der Waals surface area (Å²) in [5.74, 6) is 0. The van der Waals surface area contributed by atoms with Crippen LogP contribution in [0, 0.1) is 0 Å². The van der Waals surface area contributed by atoms with E-state index in [0.717, 1.165) is 31.9 Å². The van der Waals surface area contributed by atoms with Crippen LogP contribution in [0.1, 0.15) is 12.8 Å². The van der Waals surface area contributed by atoms with E-state index >= 15 is 0 Å². The summed E-state index contributed by atoms with van der Waals surface area (Å²) in [6.45, 7) is 4.47. The molecule has 0 bridgehead atoms. The second kappa shape index (κ2) is 6.52. The van der Waals surface area contributed by atoms with Crippen molar-refractivity contribution < 1.29 is 8.42 Å². The minimum Gasteiger partial charge on any atom is -0.370 e. The summed E-state index contributed by atoms with van der Waals surface area (Å²) in [6, 6.07) is 3.95. The molecule has 2 aliphatic heterocycles. The van der Waals surface area contributed by atoms with Gasteiger partial charge in [0, 0.05) is 45.5 Å². The molecule has 0 spiro atoms. The van der Waals surface area contributed by atoms with Gasteiger partial charge in [0.2, 0.25) is 10.0 Å². The lowest BCUT2D eigenvalue weighted by molar-refractivity contribution is 0.220. The van der Waals surface area contributed by atoms with Crippen molar-refractivity contribution >= 4 is 15.7 Å². The number of piperazine rings is 1. The van der Waals surface area contributed by atoms with Crippen molar-refractivity contribution in [3.05, 3.63) is 24.5 Å². The number of pyridine rings is 1. The molecule has 0 N–H and O–H groups in total. The van der Waals surface area contributed by atoms with Gasteiger partial charge in [-0.25, -0.2) is 8.42 Å². The normalized spacial score (nSPS) is 22.9. The first kappa shape index (κ1) is 15.7. The van der Waals surface area contributed by atoms with E-state index in [1.165, 1.54) is 0 Å². The van der Waals surface area contributed by atoms with Crippen molar-refractivity contribution in [1.29, 1.82) is 0 Å². The van der Waals surface area contributed by atoms with Crippen LogP contribution in [0.3, 0.4) is 0 Å². The van der Waals surface area contributed by atoms with Gasteiger partial charge < -0.3 is 9.80 Å². The molecule has 0 aromatic carbocycles. The summed E-state index contributed by atoms with van der Waals surface area (Å²) in [5, 5.41) is -0.233. The standard InChI is InChI=1S/C15H24N4O2S/c1-17-9-11-19(12-10-17)22(20,21)15-4-7-18(8-5-15)14-3-2-6-16-13-14/h2-3,6,13,15H,4-5,7-12H2,1H3. The number of likely N-dealkylation sites (N-methyl/N-ethyl adjacent to an activating group) is 1. The van der Waals surface area contributed by atoms with E-state index in [1.54, 1.807) is 10.5 Å². The van der Waals surface area contributed by atoms with E-state index < -0.39 is 10.0 Å². The maximum Gasteiger partial charge on any atom is 0.217 e. The number of aromatic nitrogens is 1.